The predicted octanol–water partition coefficient (Wildman–Crippen LogP) is 5.62. The van der Waals surface area contributed by atoms with Crippen LogP contribution in [0.4, 0.5) is 0 Å². The van der Waals surface area contributed by atoms with Crippen molar-refractivity contribution >= 4 is 23.6 Å². The maximum Gasteiger partial charge on any atom is 0.251 e. The number of aryl methyl sites for hydroxylation is 1. The van der Waals surface area contributed by atoms with Crippen LogP contribution < -0.4 is 26.6 Å². The maximum absolute atomic E-state index is 14.1. The number of rotatable bonds is 16. The predicted molar refractivity (Wildman–Crippen MR) is 208 cm³/mol. The van der Waals surface area contributed by atoms with E-state index in [2.05, 4.69) is 32.7 Å². The number of amides is 4. The van der Waals surface area contributed by atoms with Crippen molar-refractivity contribution < 1.29 is 19.2 Å². The van der Waals surface area contributed by atoms with Crippen molar-refractivity contribution in [2.75, 3.05) is 13.1 Å². The number of carbonyl (C=O) groups is 4. The Bertz CT molecular complexity index is 1920. The zero-order valence-electron chi connectivity index (χ0n) is 31.3. The minimum Gasteiger partial charge on any atom is -0.355 e. The third-order valence-corrected chi connectivity index (χ3v) is 9.12. The van der Waals surface area contributed by atoms with Crippen LogP contribution in [0.5, 0.6) is 0 Å². The molecule has 276 valence electrons. The van der Waals surface area contributed by atoms with E-state index in [0.29, 0.717) is 29.7 Å². The molecule has 0 aromatic heterocycles. The number of nitriles is 1. The first-order valence-electron chi connectivity index (χ1n) is 18.1. The Kier molecular flexibility index (Phi) is 14.5. The van der Waals surface area contributed by atoms with E-state index in [9.17, 15) is 24.4 Å². The molecule has 53 heavy (non-hydrogen) atoms. The molecule has 10 heteroatoms. The lowest BCUT2D eigenvalue weighted by molar-refractivity contribution is -0.130. The fourth-order valence-electron chi connectivity index (χ4n) is 6.06. The second-order valence-electron chi connectivity index (χ2n) is 13.6. The number of hydrogen-bond acceptors (Lipinski definition) is 6. The zero-order chi connectivity index (χ0) is 38.5. The molecule has 0 fully saturated rings. The van der Waals surface area contributed by atoms with Crippen LogP contribution >= 0.6 is 0 Å². The Morgan fingerprint density at radius 2 is 1.36 bits per heavy atom. The van der Waals surface area contributed by atoms with Gasteiger partial charge in [0.15, 0.2) is 0 Å². The summed E-state index contributed by atoms with van der Waals surface area (Å²) < 4.78 is 0. The van der Waals surface area contributed by atoms with Crippen molar-refractivity contribution in [1.82, 2.24) is 26.6 Å². The Hall–Kier alpha value is -5.79. The van der Waals surface area contributed by atoms with E-state index in [0.717, 1.165) is 16.7 Å². The topological polar surface area (TPSA) is 152 Å². The van der Waals surface area contributed by atoms with Gasteiger partial charge in [-0.15, -0.1) is 0 Å². The third-order valence-electron chi connectivity index (χ3n) is 9.12. The van der Waals surface area contributed by atoms with Gasteiger partial charge in [0, 0.05) is 30.3 Å². The Morgan fingerprint density at radius 1 is 0.736 bits per heavy atom. The molecule has 4 rings (SSSR count). The maximum atomic E-state index is 14.1. The average molecular weight is 715 g/mol. The van der Waals surface area contributed by atoms with Gasteiger partial charge in [0.25, 0.3) is 11.8 Å². The van der Waals surface area contributed by atoms with Crippen LogP contribution in [0.1, 0.15) is 83.6 Å². The molecule has 0 bridgehead atoms. The Balaban J connectivity index is 1.62. The Morgan fingerprint density at radius 3 is 1.96 bits per heavy atom. The second-order valence-corrected chi connectivity index (χ2v) is 13.6. The number of nitrogens with zero attached hydrogens (tertiary/aromatic N) is 1. The quantitative estimate of drug-likeness (QED) is 0.102. The molecule has 0 unspecified atom stereocenters. The molecular weight excluding hydrogens is 665 g/mol. The van der Waals surface area contributed by atoms with E-state index in [4.69, 9.17) is 0 Å². The van der Waals surface area contributed by atoms with Crippen LogP contribution in [-0.4, -0.2) is 54.8 Å². The highest BCUT2D eigenvalue weighted by Crippen LogP contribution is 2.28. The largest absolute Gasteiger partial charge is 0.355 e. The lowest BCUT2D eigenvalue weighted by atomic mass is 9.93. The molecule has 0 saturated carbocycles. The summed E-state index contributed by atoms with van der Waals surface area (Å²) in [7, 11) is 0. The standard InChI is InChI=1S/C43H50N6O4/c1-7-45-43(53)39(27(2)3)49-40(50)30(6)46-26-36(21-31-16-10-8-11-17-31)48-42(52)35-23-33(37-20-14-15-28(4)38(37)25-44)22-34(24-35)41(51)47-29(5)32-18-12-9-13-19-32/h8-20,22-24,27,29-30,36,39,46H,7,21,26H2,1-6H3,(H,45,53)(H,47,51)(H,48,52)(H,49,50)/t29-,30+,36+,39+/m1/s1. The second kappa shape index (κ2) is 19.2. The molecule has 0 spiro atoms. The van der Waals surface area contributed by atoms with Crippen molar-refractivity contribution in [2.45, 2.75) is 72.1 Å². The highest BCUT2D eigenvalue weighted by Gasteiger charge is 2.27. The molecule has 5 N–H and O–H groups in total. The van der Waals surface area contributed by atoms with Gasteiger partial charge in [0.1, 0.15) is 12.1 Å². The summed E-state index contributed by atoms with van der Waals surface area (Å²) in [6, 6.07) is 29.9. The van der Waals surface area contributed by atoms with E-state index < -0.39 is 24.0 Å². The lowest BCUT2D eigenvalue weighted by Crippen LogP contribution is -2.55. The van der Waals surface area contributed by atoms with Crippen LogP contribution in [0.25, 0.3) is 11.1 Å². The highest BCUT2D eigenvalue weighted by molar-refractivity contribution is 6.02. The van der Waals surface area contributed by atoms with Gasteiger partial charge in [-0.3, -0.25) is 19.2 Å². The van der Waals surface area contributed by atoms with Crippen molar-refractivity contribution in [3.63, 3.8) is 0 Å². The molecule has 0 aliphatic carbocycles. The SMILES string of the molecule is CCNC(=O)[C@@H](NC(=O)[C@H](C)NC[C@H](Cc1ccccc1)NC(=O)c1cc(C(=O)N[C@H](C)c2ccccc2)cc(-c2cccc(C)c2C#N)c1)C(C)C. The molecule has 0 saturated heterocycles. The molecule has 0 radical (unpaired) electrons. The summed E-state index contributed by atoms with van der Waals surface area (Å²) in [5.74, 6) is -1.47. The number of nitrogens with one attached hydrogen (secondary N) is 5. The lowest BCUT2D eigenvalue weighted by Gasteiger charge is -2.25. The molecule has 0 heterocycles. The van der Waals surface area contributed by atoms with E-state index in [-0.39, 0.29) is 47.4 Å². The Labute approximate surface area is 312 Å². The van der Waals surface area contributed by atoms with E-state index in [1.807, 2.05) is 107 Å². The molecule has 10 nitrogen and oxygen atoms in total. The van der Waals surface area contributed by atoms with E-state index in [1.165, 1.54) is 0 Å². The van der Waals surface area contributed by atoms with E-state index in [1.54, 1.807) is 31.2 Å². The number of likely N-dealkylation sites (N-methyl/N-ethyl adjacent to an activating group) is 1. The van der Waals surface area contributed by atoms with Crippen LogP contribution in [0.15, 0.2) is 97.1 Å². The summed E-state index contributed by atoms with van der Waals surface area (Å²) in [4.78, 5) is 53.7. The van der Waals surface area contributed by atoms with Gasteiger partial charge in [0.05, 0.1) is 17.6 Å². The van der Waals surface area contributed by atoms with Crippen molar-refractivity contribution in [2.24, 2.45) is 5.92 Å². The van der Waals surface area contributed by atoms with Crippen molar-refractivity contribution in [1.29, 1.82) is 5.26 Å². The number of hydrogen-bond donors (Lipinski definition) is 5. The van der Waals surface area contributed by atoms with Crippen LogP contribution in [-0.2, 0) is 16.0 Å². The fraction of sp³-hybridized carbons (Fsp3) is 0.326. The summed E-state index contributed by atoms with van der Waals surface area (Å²) >= 11 is 0. The van der Waals surface area contributed by atoms with E-state index >= 15 is 0 Å². The highest BCUT2D eigenvalue weighted by atomic mass is 16.2. The van der Waals surface area contributed by atoms with Crippen LogP contribution in [0, 0.1) is 24.2 Å². The number of benzene rings is 4. The first-order valence-corrected chi connectivity index (χ1v) is 18.1. The minimum atomic E-state index is -0.684. The molecule has 4 aromatic carbocycles. The smallest absolute Gasteiger partial charge is 0.251 e. The molecule has 4 atom stereocenters. The summed E-state index contributed by atoms with van der Waals surface area (Å²) in [5, 5.41) is 25.1. The molecule has 0 aliphatic rings. The van der Waals surface area contributed by atoms with Gasteiger partial charge in [0.2, 0.25) is 11.8 Å². The van der Waals surface area contributed by atoms with Crippen molar-refractivity contribution in [3.05, 3.63) is 130 Å². The van der Waals surface area contributed by atoms with Crippen LogP contribution in [0.3, 0.4) is 0 Å². The van der Waals surface area contributed by atoms with Gasteiger partial charge < -0.3 is 26.6 Å². The fourth-order valence-corrected chi connectivity index (χ4v) is 6.06. The average Bonchev–Trinajstić information content (AvgIpc) is 3.16. The normalized spacial score (nSPS) is 13.2. The van der Waals surface area contributed by atoms with Gasteiger partial charge in [-0.25, -0.2) is 0 Å². The van der Waals surface area contributed by atoms with Crippen LogP contribution in [0.2, 0.25) is 0 Å². The first-order chi connectivity index (χ1) is 25.4. The molecule has 4 amide bonds. The molecule has 0 aliphatic heterocycles. The monoisotopic (exact) mass is 714 g/mol. The third kappa shape index (κ3) is 11.1. The molecular formula is C43H50N6O4. The minimum absolute atomic E-state index is 0.115. The summed E-state index contributed by atoms with van der Waals surface area (Å²) in [5.41, 5.74) is 4.85. The van der Waals surface area contributed by atoms with Crippen molar-refractivity contribution in [3.8, 4) is 17.2 Å². The summed E-state index contributed by atoms with van der Waals surface area (Å²) in [6.45, 7) is 11.7. The first kappa shape index (κ1) is 40.0. The van der Waals surface area contributed by atoms with Gasteiger partial charge >= 0.3 is 0 Å². The number of carbonyl (C=O) groups excluding carboxylic acids is 4. The van der Waals surface area contributed by atoms with Gasteiger partial charge in [-0.1, -0.05) is 92.7 Å². The zero-order valence-corrected chi connectivity index (χ0v) is 31.3. The van der Waals surface area contributed by atoms with Gasteiger partial charge in [-0.2, -0.15) is 5.26 Å². The summed E-state index contributed by atoms with van der Waals surface area (Å²) in [6.07, 6.45) is 0.458. The molecule has 4 aromatic rings. The van der Waals surface area contributed by atoms with Gasteiger partial charge in [-0.05, 0) is 86.1 Å².